The molecule has 0 aliphatic rings. The highest BCUT2D eigenvalue weighted by Gasteiger charge is 2.17. The second-order valence-corrected chi connectivity index (χ2v) is 8.16. The van der Waals surface area contributed by atoms with Gasteiger partial charge in [0.15, 0.2) is 5.82 Å². The van der Waals surface area contributed by atoms with Crippen LogP contribution in [0.15, 0.2) is 41.2 Å². The number of fused-ring (bicyclic) bond motifs is 1. The molecule has 1 aromatic carbocycles. The highest BCUT2D eigenvalue weighted by molar-refractivity contribution is 7.20. The molecule has 0 saturated carbocycles. The van der Waals surface area contributed by atoms with Gasteiger partial charge in [-0.15, -0.1) is 22.7 Å². The molecule has 3 nitrogen and oxygen atoms in total. The number of hydrogen-bond donors (Lipinski definition) is 1. The molecular weight excluding hydrogens is 367 g/mol. The molecular formula is C17H10ClFN2OS2. The maximum absolute atomic E-state index is 13.2. The van der Waals surface area contributed by atoms with Crippen LogP contribution in [-0.4, -0.2) is 9.97 Å². The third-order valence-corrected chi connectivity index (χ3v) is 5.91. The van der Waals surface area contributed by atoms with Gasteiger partial charge in [0, 0.05) is 10.4 Å². The molecule has 120 valence electrons. The van der Waals surface area contributed by atoms with Gasteiger partial charge in [-0.05, 0) is 36.8 Å². The quantitative estimate of drug-likeness (QED) is 0.503. The molecule has 0 saturated heterocycles. The lowest BCUT2D eigenvalue weighted by Crippen LogP contribution is -2.08. The normalized spacial score (nSPS) is 11.3. The Morgan fingerprint density at radius 1 is 1.12 bits per heavy atom. The number of halogens is 2. The van der Waals surface area contributed by atoms with E-state index in [0.717, 1.165) is 20.9 Å². The van der Waals surface area contributed by atoms with Gasteiger partial charge in [-0.2, -0.15) is 0 Å². The topological polar surface area (TPSA) is 45.8 Å². The summed E-state index contributed by atoms with van der Waals surface area (Å²) in [6.45, 7) is 1.94. The minimum absolute atomic E-state index is 0.205. The van der Waals surface area contributed by atoms with Crippen LogP contribution in [0.25, 0.3) is 32.0 Å². The van der Waals surface area contributed by atoms with Gasteiger partial charge in [0.2, 0.25) is 0 Å². The molecule has 0 spiro atoms. The van der Waals surface area contributed by atoms with E-state index in [1.807, 2.05) is 13.0 Å². The van der Waals surface area contributed by atoms with Gasteiger partial charge in [-0.1, -0.05) is 23.7 Å². The summed E-state index contributed by atoms with van der Waals surface area (Å²) in [4.78, 5) is 22.5. The van der Waals surface area contributed by atoms with Crippen LogP contribution >= 0.6 is 34.3 Å². The maximum atomic E-state index is 13.2. The number of aryl methyl sites for hydroxylation is 1. The minimum atomic E-state index is -0.306. The number of nitrogens with zero attached hydrogens (tertiary/aromatic N) is 1. The van der Waals surface area contributed by atoms with Crippen LogP contribution in [0.5, 0.6) is 0 Å². The number of hydrogen-bond acceptors (Lipinski definition) is 4. The average molecular weight is 377 g/mol. The van der Waals surface area contributed by atoms with E-state index in [4.69, 9.17) is 11.6 Å². The number of thiophene rings is 2. The highest BCUT2D eigenvalue weighted by Crippen LogP contribution is 2.37. The summed E-state index contributed by atoms with van der Waals surface area (Å²) < 4.78 is 13.8. The Balaban J connectivity index is 1.96. The number of benzene rings is 1. The number of nitrogens with one attached hydrogen (secondary N) is 1. The van der Waals surface area contributed by atoms with E-state index in [-0.39, 0.29) is 11.4 Å². The van der Waals surface area contributed by atoms with Crippen LogP contribution in [0.4, 0.5) is 4.39 Å². The van der Waals surface area contributed by atoms with Crippen molar-refractivity contribution in [2.24, 2.45) is 0 Å². The van der Waals surface area contributed by atoms with Crippen LogP contribution in [0.1, 0.15) is 4.88 Å². The fourth-order valence-corrected chi connectivity index (χ4v) is 4.68. The Bertz CT molecular complexity index is 1110. The summed E-state index contributed by atoms with van der Waals surface area (Å²) in [7, 11) is 0. The first-order valence-corrected chi connectivity index (χ1v) is 9.09. The van der Waals surface area contributed by atoms with Gasteiger partial charge < -0.3 is 4.98 Å². The second-order valence-electron chi connectivity index (χ2n) is 5.24. The summed E-state index contributed by atoms with van der Waals surface area (Å²) in [5.41, 5.74) is 1.40. The third kappa shape index (κ3) is 2.56. The lowest BCUT2D eigenvalue weighted by molar-refractivity contribution is 0.628. The molecule has 4 rings (SSSR count). The van der Waals surface area contributed by atoms with Crippen LogP contribution in [-0.2, 0) is 0 Å². The molecule has 0 bridgehead atoms. The van der Waals surface area contributed by atoms with Gasteiger partial charge in [0.1, 0.15) is 10.6 Å². The van der Waals surface area contributed by atoms with Crippen molar-refractivity contribution < 1.29 is 4.39 Å². The molecule has 3 aromatic heterocycles. The number of H-pyrrole nitrogens is 1. The Labute approximate surface area is 149 Å². The highest BCUT2D eigenvalue weighted by atomic mass is 35.5. The molecule has 0 amide bonds. The van der Waals surface area contributed by atoms with Crippen molar-refractivity contribution in [1.29, 1.82) is 0 Å². The predicted molar refractivity (Wildman–Crippen MR) is 98.7 cm³/mol. The number of rotatable bonds is 2. The zero-order valence-corrected chi connectivity index (χ0v) is 14.8. The molecule has 7 heteroatoms. The smallest absolute Gasteiger partial charge is 0.260 e. The summed E-state index contributed by atoms with van der Waals surface area (Å²) >= 11 is 8.78. The molecule has 0 atom stereocenters. The summed E-state index contributed by atoms with van der Waals surface area (Å²) in [5, 5.41) is 0.538. The fraction of sp³-hybridized carbons (Fsp3) is 0.0588. The van der Waals surface area contributed by atoms with Crippen LogP contribution in [0.2, 0.25) is 4.34 Å². The predicted octanol–water partition coefficient (Wildman–Crippen LogP) is 5.48. The number of aromatic amines is 1. The molecule has 3 heterocycles. The molecule has 0 aliphatic carbocycles. The van der Waals surface area contributed by atoms with Gasteiger partial charge in [0.25, 0.3) is 5.56 Å². The number of aromatic nitrogens is 2. The minimum Gasteiger partial charge on any atom is -0.305 e. The summed E-state index contributed by atoms with van der Waals surface area (Å²) in [5.74, 6) is 0.205. The Kier molecular flexibility index (Phi) is 3.75. The SMILES string of the molecule is Cc1sc2nc(-c3ccc(Cl)s3)[nH]c(=O)c2c1-c1ccc(F)cc1. The Morgan fingerprint density at radius 3 is 2.54 bits per heavy atom. The molecule has 1 N–H and O–H groups in total. The van der Waals surface area contributed by atoms with E-state index >= 15 is 0 Å². The van der Waals surface area contributed by atoms with Crippen molar-refractivity contribution >= 4 is 44.5 Å². The molecule has 0 unspecified atom stereocenters. The maximum Gasteiger partial charge on any atom is 0.260 e. The molecule has 4 aromatic rings. The Morgan fingerprint density at radius 2 is 1.88 bits per heavy atom. The van der Waals surface area contributed by atoms with Gasteiger partial charge >= 0.3 is 0 Å². The monoisotopic (exact) mass is 376 g/mol. The lowest BCUT2D eigenvalue weighted by Gasteiger charge is -2.02. The van der Waals surface area contributed by atoms with Crippen molar-refractivity contribution in [3.8, 4) is 21.8 Å². The standard InChI is InChI=1S/C17H10ClFN2OS2/c1-8-13(9-2-4-10(19)5-3-9)14-16(22)20-15(21-17(14)23-8)11-6-7-12(18)24-11/h2-7H,1H3,(H,20,21,22). The third-order valence-electron chi connectivity index (χ3n) is 3.68. The van der Waals surface area contributed by atoms with Crippen molar-refractivity contribution in [2.45, 2.75) is 6.92 Å². The molecule has 0 fully saturated rings. The zero-order valence-electron chi connectivity index (χ0n) is 12.4. The first-order chi connectivity index (χ1) is 11.5. The van der Waals surface area contributed by atoms with Crippen molar-refractivity contribution in [1.82, 2.24) is 9.97 Å². The van der Waals surface area contributed by atoms with E-state index in [2.05, 4.69) is 9.97 Å². The molecule has 0 aliphatic heterocycles. The second kappa shape index (κ2) is 5.81. The molecule has 0 radical (unpaired) electrons. The van der Waals surface area contributed by atoms with E-state index < -0.39 is 0 Å². The van der Waals surface area contributed by atoms with E-state index in [1.165, 1.54) is 34.8 Å². The first kappa shape index (κ1) is 15.5. The van der Waals surface area contributed by atoms with Crippen molar-refractivity contribution in [2.75, 3.05) is 0 Å². The summed E-state index contributed by atoms with van der Waals surface area (Å²) in [6, 6.07) is 9.74. The van der Waals surface area contributed by atoms with Crippen LogP contribution in [0.3, 0.4) is 0 Å². The van der Waals surface area contributed by atoms with Gasteiger partial charge in [-0.3, -0.25) is 4.79 Å². The largest absolute Gasteiger partial charge is 0.305 e. The van der Waals surface area contributed by atoms with Crippen LogP contribution in [0, 0.1) is 12.7 Å². The van der Waals surface area contributed by atoms with E-state index in [0.29, 0.717) is 20.4 Å². The molecule has 24 heavy (non-hydrogen) atoms. The van der Waals surface area contributed by atoms with Gasteiger partial charge in [0.05, 0.1) is 14.6 Å². The zero-order chi connectivity index (χ0) is 16.8. The Hall–Kier alpha value is -2.02. The van der Waals surface area contributed by atoms with Gasteiger partial charge in [-0.25, -0.2) is 9.37 Å². The first-order valence-electron chi connectivity index (χ1n) is 7.08. The fourth-order valence-electron chi connectivity index (χ4n) is 2.64. The van der Waals surface area contributed by atoms with E-state index in [9.17, 15) is 9.18 Å². The van der Waals surface area contributed by atoms with Crippen molar-refractivity contribution in [3.63, 3.8) is 0 Å². The van der Waals surface area contributed by atoms with E-state index in [1.54, 1.807) is 18.2 Å². The van der Waals surface area contributed by atoms with Crippen molar-refractivity contribution in [3.05, 3.63) is 61.8 Å². The summed E-state index contributed by atoms with van der Waals surface area (Å²) in [6.07, 6.45) is 0. The lowest BCUT2D eigenvalue weighted by atomic mass is 10.0. The van der Waals surface area contributed by atoms with Crippen LogP contribution < -0.4 is 5.56 Å². The average Bonchev–Trinajstić information content (AvgIpc) is 3.11.